The van der Waals surface area contributed by atoms with E-state index in [0.717, 1.165) is 46.0 Å². The maximum atomic E-state index is 14.1. The highest BCUT2D eigenvalue weighted by molar-refractivity contribution is 7.99. The highest BCUT2D eigenvalue weighted by atomic mass is 32.2. The highest BCUT2D eigenvalue weighted by Crippen LogP contribution is 2.43. The molecule has 0 unspecified atom stereocenters. The molecule has 4 aliphatic rings. The van der Waals surface area contributed by atoms with Crippen molar-refractivity contribution >= 4 is 64.5 Å². The van der Waals surface area contributed by atoms with Crippen molar-refractivity contribution in [3.8, 4) is 23.0 Å². The van der Waals surface area contributed by atoms with E-state index in [4.69, 9.17) is 28.9 Å². The third-order valence-corrected chi connectivity index (χ3v) is 11.1. The summed E-state index contributed by atoms with van der Waals surface area (Å²) in [6.45, 7) is 2.23. The van der Waals surface area contributed by atoms with Gasteiger partial charge in [-0.15, -0.1) is 11.8 Å². The molecule has 2 atom stereocenters. The molecule has 0 saturated carbocycles. The van der Waals surface area contributed by atoms with Crippen molar-refractivity contribution < 1.29 is 33.3 Å². The molecule has 54 heavy (non-hydrogen) atoms. The van der Waals surface area contributed by atoms with Crippen molar-refractivity contribution in [3.63, 3.8) is 0 Å². The van der Waals surface area contributed by atoms with Gasteiger partial charge in [-0.05, 0) is 60.6 Å². The van der Waals surface area contributed by atoms with Crippen LogP contribution in [0.25, 0.3) is 0 Å². The summed E-state index contributed by atoms with van der Waals surface area (Å²) in [6, 6.07) is 20.7. The lowest BCUT2D eigenvalue weighted by molar-refractivity contribution is -0.117. The topological polar surface area (TPSA) is 119 Å². The van der Waals surface area contributed by atoms with E-state index in [9.17, 15) is 14.4 Å². The molecule has 0 saturated heterocycles. The molecule has 0 aromatic heterocycles. The largest absolute Gasteiger partial charge is 0.493 e. The van der Waals surface area contributed by atoms with Gasteiger partial charge in [0.2, 0.25) is 0 Å². The molecule has 0 aliphatic carbocycles. The van der Waals surface area contributed by atoms with Crippen LogP contribution in [-0.2, 0) is 17.6 Å². The molecule has 12 heteroatoms. The normalized spacial score (nSPS) is 17.5. The van der Waals surface area contributed by atoms with Crippen LogP contribution in [0.1, 0.15) is 58.0 Å². The van der Waals surface area contributed by atoms with Crippen LogP contribution >= 0.6 is 11.8 Å². The number of carbonyl (C=O) groups excluding carboxylic acids is 3. The van der Waals surface area contributed by atoms with E-state index in [2.05, 4.69) is 18.2 Å². The molecule has 0 radical (unpaired) electrons. The number of thioether (sulfide) groups is 1. The van der Waals surface area contributed by atoms with Crippen molar-refractivity contribution in [2.45, 2.75) is 56.0 Å². The number of hydrogen-bond acceptors (Lipinski definition) is 10. The van der Waals surface area contributed by atoms with Gasteiger partial charge in [0.05, 0.1) is 62.0 Å². The zero-order valence-electron chi connectivity index (χ0n) is 30.4. The predicted molar refractivity (Wildman–Crippen MR) is 210 cm³/mol. The number of para-hydroxylation sites is 1. The van der Waals surface area contributed by atoms with Crippen LogP contribution in [0.3, 0.4) is 0 Å². The van der Waals surface area contributed by atoms with Gasteiger partial charge < -0.3 is 23.7 Å². The fraction of sp³-hybridized carbons (Fsp3) is 0.310. The second-order valence-corrected chi connectivity index (χ2v) is 14.8. The average molecular weight is 745 g/mol. The zero-order valence-corrected chi connectivity index (χ0v) is 31.2. The van der Waals surface area contributed by atoms with E-state index in [-0.39, 0.29) is 29.7 Å². The summed E-state index contributed by atoms with van der Waals surface area (Å²) in [5.41, 5.74) is 5.97. The number of fused-ring (bicyclic) bond motifs is 8. The van der Waals surface area contributed by atoms with Crippen LogP contribution in [0.5, 0.6) is 23.0 Å². The lowest BCUT2D eigenvalue weighted by atomic mass is 10.1. The third-order valence-electron chi connectivity index (χ3n) is 10.1. The maximum Gasteiger partial charge on any atom is 0.261 e. The standard InChI is InChI=1S/C42H40N4O7S/c1-25(47)8-6-15-54-30-12-11-27-17-29-24-44-34-22-40(38(51-3)20-32(34)42(49)46(29)36(27)18-30)53-14-7-13-52-39-21-33-31(19-37(39)50-2)41(48)45-28(23-43-33)16-26-9-4-5-10-35(26)45/h4-5,9-12,18-24,28-29H,6-8,13-17H2,1-3H3/t28-,29-/m0/s1. The van der Waals surface area contributed by atoms with Crippen LogP contribution < -0.4 is 28.7 Å². The van der Waals surface area contributed by atoms with E-state index in [1.807, 2.05) is 41.6 Å². The van der Waals surface area contributed by atoms with Crippen molar-refractivity contribution in [1.29, 1.82) is 0 Å². The molecule has 0 fully saturated rings. The minimum Gasteiger partial charge on any atom is -0.493 e. The molecule has 4 aliphatic heterocycles. The van der Waals surface area contributed by atoms with Gasteiger partial charge in [0.1, 0.15) is 5.78 Å². The predicted octanol–water partition coefficient (Wildman–Crippen LogP) is 7.59. The molecular formula is C42H40N4O7S. The molecule has 0 spiro atoms. The lowest BCUT2D eigenvalue weighted by Crippen LogP contribution is -2.37. The number of ether oxygens (including phenoxy) is 4. The van der Waals surface area contributed by atoms with E-state index < -0.39 is 0 Å². The van der Waals surface area contributed by atoms with Gasteiger partial charge >= 0.3 is 0 Å². The van der Waals surface area contributed by atoms with Gasteiger partial charge in [-0.2, -0.15) is 0 Å². The quantitative estimate of drug-likeness (QED) is 0.102. The Labute approximate surface area is 318 Å². The molecule has 276 valence electrons. The van der Waals surface area contributed by atoms with Crippen LogP contribution in [0.15, 0.2) is 81.6 Å². The van der Waals surface area contributed by atoms with Gasteiger partial charge in [0.15, 0.2) is 23.0 Å². The Morgan fingerprint density at radius 3 is 1.89 bits per heavy atom. The van der Waals surface area contributed by atoms with Crippen molar-refractivity contribution in [2.24, 2.45) is 9.98 Å². The number of methoxy groups -OCH3 is 2. The zero-order chi connectivity index (χ0) is 37.3. The molecule has 4 aromatic carbocycles. The summed E-state index contributed by atoms with van der Waals surface area (Å²) in [5, 5.41) is 0. The van der Waals surface area contributed by atoms with Crippen LogP contribution in [0.2, 0.25) is 0 Å². The summed E-state index contributed by atoms with van der Waals surface area (Å²) in [4.78, 5) is 53.3. The number of ketones is 1. The first-order valence-electron chi connectivity index (χ1n) is 18.1. The van der Waals surface area contributed by atoms with Gasteiger partial charge in [0.25, 0.3) is 11.8 Å². The number of rotatable bonds is 13. The van der Waals surface area contributed by atoms with Gasteiger partial charge in [-0.1, -0.05) is 24.3 Å². The number of carbonyl (C=O) groups is 3. The first-order valence-corrected chi connectivity index (χ1v) is 19.1. The third kappa shape index (κ3) is 6.70. The van der Waals surface area contributed by atoms with E-state index in [0.29, 0.717) is 78.0 Å². The second-order valence-electron chi connectivity index (χ2n) is 13.6. The van der Waals surface area contributed by atoms with Crippen LogP contribution in [0.4, 0.5) is 22.7 Å². The summed E-state index contributed by atoms with van der Waals surface area (Å²) in [5.74, 6) is 2.61. The Kier molecular flexibility index (Phi) is 9.85. The summed E-state index contributed by atoms with van der Waals surface area (Å²) in [7, 11) is 3.10. The fourth-order valence-corrected chi connectivity index (χ4v) is 8.31. The molecule has 0 bridgehead atoms. The molecular weight excluding hydrogens is 705 g/mol. The minimum absolute atomic E-state index is 0.122. The smallest absolute Gasteiger partial charge is 0.261 e. The summed E-state index contributed by atoms with van der Waals surface area (Å²) < 4.78 is 23.6. The van der Waals surface area contributed by atoms with E-state index >= 15 is 0 Å². The Hall–Kier alpha value is -5.62. The number of aliphatic imine (C=N–C) groups is 2. The Morgan fingerprint density at radius 2 is 1.30 bits per heavy atom. The lowest BCUT2D eigenvalue weighted by Gasteiger charge is -2.22. The Bertz CT molecular complexity index is 2220. The van der Waals surface area contributed by atoms with Gasteiger partial charge in [0, 0.05) is 66.5 Å². The highest BCUT2D eigenvalue weighted by Gasteiger charge is 2.38. The molecule has 8 rings (SSSR count). The van der Waals surface area contributed by atoms with E-state index in [1.165, 1.54) is 0 Å². The SMILES string of the molecule is COc1cc2c(cc1OCCCOc1cc3c(cc1OC)C(=O)N1c4cc(SCCCC(C)=O)ccc4C[C@H]1C=N3)N=C[C@@H]1Cc3ccccc3N1C2=O. The Morgan fingerprint density at radius 1 is 0.722 bits per heavy atom. The first kappa shape index (κ1) is 35.4. The monoisotopic (exact) mass is 744 g/mol. The fourth-order valence-electron chi connectivity index (χ4n) is 7.42. The molecule has 4 aromatic rings. The average Bonchev–Trinajstić information content (AvgIpc) is 3.66. The number of Topliss-reactive ketones (excluding diaryl/α,β-unsaturated/α-hetero) is 1. The van der Waals surface area contributed by atoms with Crippen molar-refractivity contribution in [1.82, 2.24) is 0 Å². The molecule has 2 amide bonds. The molecule has 4 heterocycles. The maximum absolute atomic E-state index is 14.1. The van der Waals surface area contributed by atoms with Crippen LogP contribution in [0, 0.1) is 0 Å². The second kappa shape index (κ2) is 15.0. The number of nitrogens with zero attached hydrogens (tertiary/aromatic N) is 4. The Balaban J connectivity index is 0.919. The molecule has 11 nitrogen and oxygen atoms in total. The van der Waals surface area contributed by atoms with Gasteiger partial charge in [-0.25, -0.2) is 0 Å². The number of anilines is 2. The van der Waals surface area contributed by atoms with E-state index in [1.54, 1.807) is 62.1 Å². The molecule has 0 N–H and O–H groups in total. The van der Waals surface area contributed by atoms with Gasteiger partial charge in [-0.3, -0.25) is 29.4 Å². The van der Waals surface area contributed by atoms with Crippen molar-refractivity contribution in [3.05, 3.63) is 89.0 Å². The van der Waals surface area contributed by atoms with Crippen LogP contribution in [-0.4, -0.2) is 75.3 Å². The summed E-state index contributed by atoms with van der Waals surface area (Å²) in [6.07, 6.45) is 6.98. The number of benzene rings is 4. The first-order chi connectivity index (χ1) is 26.3. The number of hydrogen-bond donors (Lipinski definition) is 0. The number of amides is 2. The minimum atomic E-state index is -0.201. The summed E-state index contributed by atoms with van der Waals surface area (Å²) >= 11 is 1.69. The van der Waals surface area contributed by atoms with Crippen molar-refractivity contribution in [2.75, 3.05) is 43.0 Å².